The standard InChI is InChI=1S/2C21H22O5/c2*1-23-15-26-19-13-10-17(14-20(19)24-2)7-5-4-6-16-8-11-18(12-9-16)21(22)25-3/h2*4-14H,15H2,1-3H3. The van der Waals surface area contributed by atoms with E-state index >= 15 is 0 Å². The highest BCUT2D eigenvalue weighted by molar-refractivity contribution is 5.90. The molecule has 4 rings (SSSR count). The molecule has 0 bridgehead atoms. The third-order valence-electron chi connectivity index (χ3n) is 7.08. The fourth-order valence-corrected chi connectivity index (χ4v) is 4.42. The molecular weight excluding hydrogens is 664 g/mol. The van der Waals surface area contributed by atoms with Crippen molar-refractivity contribution < 1.29 is 47.5 Å². The van der Waals surface area contributed by atoms with Gasteiger partial charge in [0.25, 0.3) is 0 Å². The normalized spacial score (nSPS) is 11.0. The van der Waals surface area contributed by atoms with Gasteiger partial charge in [-0.15, -0.1) is 0 Å². The number of hydrogen-bond donors (Lipinski definition) is 0. The van der Waals surface area contributed by atoms with Gasteiger partial charge in [0.1, 0.15) is 0 Å². The molecule has 4 aromatic rings. The van der Waals surface area contributed by atoms with Crippen molar-refractivity contribution in [2.75, 3.05) is 56.2 Å². The quantitative estimate of drug-likeness (QED) is 0.0640. The number of allylic oxidation sites excluding steroid dienone is 4. The Hall–Kier alpha value is -6.10. The lowest BCUT2D eigenvalue weighted by atomic mass is 10.1. The van der Waals surface area contributed by atoms with E-state index in [9.17, 15) is 9.59 Å². The van der Waals surface area contributed by atoms with Crippen molar-refractivity contribution in [3.63, 3.8) is 0 Å². The molecule has 0 aliphatic carbocycles. The topological polar surface area (TPSA) is 108 Å². The van der Waals surface area contributed by atoms with Gasteiger partial charge >= 0.3 is 11.9 Å². The van der Waals surface area contributed by atoms with Crippen LogP contribution in [-0.4, -0.2) is 68.2 Å². The van der Waals surface area contributed by atoms with Gasteiger partial charge in [-0.2, -0.15) is 0 Å². The van der Waals surface area contributed by atoms with Crippen LogP contribution in [0.3, 0.4) is 0 Å². The molecule has 0 aliphatic heterocycles. The van der Waals surface area contributed by atoms with Crippen LogP contribution in [-0.2, 0) is 18.9 Å². The van der Waals surface area contributed by atoms with E-state index in [1.807, 2.05) is 109 Å². The molecule has 0 aliphatic rings. The zero-order valence-corrected chi connectivity index (χ0v) is 30.2. The summed E-state index contributed by atoms with van der Waals surface area (Å²) in [6.45, 7) is 0.339. The Balaban J connectivity index is 0.000000280. The fourth-order valence-electron chi connectivity index (χ4n) is 4.42. The molecule has 4 aromatic carbocycles. The van der Waals surface area contributed by atoms with Gasteiger partial charge in [-0.3, -0.25) is 0 Å². The van der Waals surface area contributed by atoms with E-state index < -0.39 is 0 Å². The predicted octanol–water partition coefficient (Wildman–Crippen LogP) is 8.38. The second kappa shape index (κ2) is 22.6. The van der Waals surface area contributed by atoms with Gasteiger partial charge in [-0.25, -0.2) is 9.59 Å². The summed E-state index contributed by atoms with van der Waals surface area (Å²) < 4.78 is 40.7. The SMILES string of the molecule is COCOc1ccc(C=CC=Cc2ccc(C(=O)OC)cc2)cc1OC.COCOc1ccc(C=CC=Cc2ccc(C(=O)OC)cc2)cc1OC. The molecule has 0 amide bonds. The lowest BCUT2D eigenvalue weighted by Crippen LogP contribution is -2.00. The first-order chi connectivity index (χ1) is 25.3. The van der Waals surface area contributed by atoms with Gasteiger partial charge in [0.2, 0.25) is 0 Å². The van der Waals surface area contributed by atoms with Gasteiger partial charge in [0.15, 0.2) is 36.6 Å². The van der Waals surface area contributed by atoms with Crippen LogP contribution in [0.5, 0.6) is 23.0 Å². The van der Waals surface area contributed by atoms with E-state index in [1.54, 1.807) is 52.7 Å². The smallest absolute Gasteiger partial charge is 0.337 e. The number of ether oxygens (including phenoxy) is 8. The number of hydrogen-bond acceptors (Lipinski definition) is 10. The second-order valence-corrected chi connectivity index (χ2v) is 10.6. The second-order valence-electron chi connectivity index (χ2n) is 10.6. The number of benzene rings is 4. The molecule has 0 saturated carbocycles. The van der Waals surface area contributed by atoms with Crippen LogP contribution >= 0.6 is 0 Å². The molecule has 10 nitrogen and oxygen atoms in total. The molecule has 0 aromatic heterocycles. The van der Waals surface area contributed by atoms with Crippen molar-refractivity contribution >= 4 is 36.2 Å². The lowest BCUT2D eigenvalue weighted by Gasteiger charge is -2.10. The van der Waals surface area contributed by atoms with Crippen LogP contribution < -0.4 is 18.9 Å². The first-order valence-corrected chi connectivity index (χ1v) is 16.0. The van der Waals surface area contributed by atoms with Crippen molar-refractivity contribution in [1.82, 2.24) is 0 Å². The van der Waals surface area contributed by atoms with Crippen LogP contribution in [0.4, 0.5) is 0 Å². The minimum Gasteiger partial charge on any atom is -0.493 e. The number of carbonyl (C=O) groups excluding carboxylic acids is 2. The van der Waals surface area contributed by atoms with Gasteiger partial charge < -0.3 is 37.9 Å². The Kier molecular flexibility index (Phi) is 17.5. The van der Waals surface area contributed by atoms with Crippen molar-refractivity contribution in [3.8, 4) is 23.0 Å². The molecule has 0 unspecified atom stereocenters. The summed E-state index contributed by atoms with van der Waals surface area (Å²) in [5.74, 6) is 1.87. The summed E-state index contributed by atoms with van der Waals surface area (Å²) >= 11 is 0. The highest BCUT2D eigenvalue weighted by Crippen LogP contribution is 2.29. The Bertz CT molecular complexity index is 1690. The lowest BCUT2D eigenvalue weighted by molar-refractivity contribution is 0.0490. The number of methoxy groups -OCH3 is 6. The Labute approximate surface area is 305 Å². The van der Waals surface area contributed by atoms with Crippen molar-refractivity contribution in [2.45, 2.75) is 0 Å². The van der Waals surface area contributed by atoms with Crippen LogP contribution in [0, 0.1) is 0 Å². The molecule has 10 heteroatoms. The summed E-state index contributed by atoms with van der Waals surface area (Å²) in [6, 6.07) is 25.7. The molecule has 52 heavy (non-hydrogen) atoms. The minimum absolute atomic E-state index is 0.170. The first-order valence-electron chi connectivity index (χ1n) is 16.0. The Morgan fingerprint density at radius 2 is 0.769 bits per heavy atom. The fraction of sp³-hybridized carbons (Fsp3) is 0.190. The Morgan fingerprint density at radius 1 is 0.442 bits per heavy atom. The number of rotatable bonds is 16. The van der Waals surface area contributed by atoms with Crippen molar-refractivity contribution in [1.29, 1.82) is 0 Å². The summed E-state index contributed by atoms with van der Waals surface area (Å²) in [5.41, 5.74) is 5.01. The average Bonchev–Trinajstić information content (AvgIpc) is 3.19. The third kappa shape index (κ3) is 13.3. The number of esters is 2. The van der Waals surface area contributed by atoms with Gasteiger partial charge in [-0.1, -0.05) is 85.0 Å². The van der Waals surface area contributed by atoms with E-state index in [0.717, 1.165) is 22.3 Å². The molecule has 0 saturated heterocycles. The monoisotopic (exact) mass is 708 g/mol. The molecule has 0 radical (unpaired) electrons. The summed E-state index contributed by atoms with van der Waals surface area (Å²) in [4.78, 5) is 22.8. The maximum absolute atomic E-state index is 11.4. The van der Waals surface area contributed by atoms with Gasteiger partial charge in [0.05, 0.1) is 39.6 Å². The van der Waals surface area contributed by atoms with Crippen LogP contribution in [0.2, 0.25) is 0 Å². The maximum Gasteiger partial charge on any atom is 0.337 e. The number of carbonyl (C=O) groups is 2. The van der Waals surface area contributed by atoms with Gasteiger partial charge in [-0.05, 0) is 70.8 Å². The molecule has 0 fully saturated rings. The molecule has 0 N–H and O–H groups in total. The summed E-state index contributed by atoms with van der Waals surface area (Å²) in [5, 5.41) is 0. The highest BCUT2D eigenvalue weighted by Gasteiger charge is 2.06. The van der Waals surface area contributed by atoms with Crippen molar-refractivity contribution in [3.05, 3.63) is 143 Å². The third-order valence-corrected chi connectivity index (χ3v) is 7.08. The van der Waals surface area contributed by atoms with Crippen LogP contribution in [0.15, 0.2) is 109 Å². The minimum atomic E-state index is -0.340. The highest BCUT2D eigenvalue weighted by atomic mass is 16.7. The molecule has 272 valence electrons. The zero-order valence-electron chi connectivity index (χ0n) is 30.2. The molecule has 0 heterocycles. The zero-order chi connectivity index (χ0) is 37.6. The van der Waals surface area contributed by atoms with E-state index in [4.69, 9.17) is 28.4 Å². The Morgan fingerprint density at radius 3 is 1.08 bits per heavy atom. The largest absolute Gasteiger partial charge is 0.493 e. The van der Waals surface area contributed by atoms with Crippen LogP contribution in [0.1, 0.15) is 43.0 Å². The summed E-state index contributed by atoms with van der Waals surface area (Å²) in [6.07, 6.45) is 15.5. The molecule has 0 atom stereocenters. The van der Waals surface area contributed by atoms with Gasteiger partial charge in [0, 0.05) is 14.2 Å². The van der Waals surface area contributed by atoms with E-state index in [0.29, 0.717) is 34.1 Å². The van der Waals surface area contributed by atoms with Crippen LogP contribution in [0.25, 0.3) is 24.3 Å². The molecule has 0 spiro atoms. The maximum atomic E-state index is 11.4. The average molecular weight is 709 g/mol. The molecular formula is C42H44O10. The van der Waals surface area contributed by atoms with Crippen molar-refractivity contribution in [2.24, 2.45) is 0 Å². The predicted molar refractivity (Wildman–Crippen MR) is 203 cm³/mol. The summed E-state index contributed by atoms with van der Waals surface area (Å²) in [7, 11) is 9.07. The van der Waals surface area contributed by atoms with E-state index in [-0.39, 0.29) is 25.5 Å². The first kappa shape index (κ1) is 40.3. The van der Waals surface area contributed by atoms with E-state index in [1.165, 1.54) is 14.2 Å². The van der Waals surface area contributed by atoms with E-state index in [2.05, 4.69) is 9.47 Å².